The summed E-state index contributed by atoms with van der Waals surface area (Å²) in [6.07, 6.45) is 0. The zero-order valence-electron chi connectivity index (χ0n) is 11.5. The Morgan fingerprint density at radius 1 is 1.14 bits per heavy atom. The molecular formula is C15H14O5S. The van der Waals surface area contributed by atoms with Gasteiger partial charge in [-0.15, -0.1) is 11.3 Å². The third kappa shape index (κ3) is 3.41. The van der Waals surface area contributed by atoms with E-state index in [0.717, 1.165) is 15.8 Å². The first kappa shape index (κ1) is 15.1. The lowest BCUT2D eigenvalue weighted by molar-refractivity contribution is 0.0471. The quantitative estimate of drug-likeness (QED) is 0.670. The molecule has 0 atom stereocenters. The summed E-state index contributed by atoms with van der Waals surface area (Å²) in [5, 5.41) is 18.7. The van der Waals surface area contributed by atoms with E-state index in [4.69, 9.17) is 9.84 Å². The summed E-state index contributed by atoms with van der Waals surface area (Å²) in [5.41, 5.74) is 0.444. The molecule has 5 nitrogen and oxygen atoms in total. The number of hydrogen-bond acceptors (Lipinski definition) is 6. The van der Waals surface area contributed by atoms with Crippen LogP contribution in [0.3, 0.4) is 0 Å². The number of ketones is 1. The number of carbonyl (C=O) groups is 2. The number of Topliss-reactive ketones (excluding diaryl/α,β-unsaturated/α-hetero) is 1. The number of rotatable bonds is 4. The maximum atomic E-state index is 12.0. The third-order valence-corrected chi connectivity index (χ3v) is 3.84. The van der Waals surface area contributed by atoms with Gasteiger partial charge in [0.1, 0.15) is 17.1 Å². The van der Waals surface area contributed by atoms with Crippen LogP contribution in [0.2, 0.25) is 0 Å². The van der Waals surface area contributed by atoms with Gasteiger partial charge < -0.3 is 14.9 Å². The van der Waals surface area contributed by atoms with Gasteiger partial charge in [0.2, 0.25) is 5.78 Å². The van der Waals surface area contributed by atoms with Crippen molar-refractivity contribution in [1.29, 1.82) is 0 Å². The molecule has 0 bridgehead atoms. The fourth-order valence-electron chi connectivity index (χ4n) is 1.89. The van der Waals surface area contributed by atoms with Gasteiger partial charge in [-0.1, -0.05) is 0 Å². The topological polar surface area (TPSA) is 83.8 Å². The van der Waals surface area contributed by atoms with Gasteiger partial charge in [-0.2, -0.15) is 0 Å². The summed E-state index contributed by atoms with van der Waals surface area (Å²) in [4.78, 5) is 25.7. The van der Waals surface area contributed by atoms with E-state index in [-0.39, 0.29) is 17.1 Å². The van der Waals surface area contributed by atoms with Crippen molar-refractivity contribution >= 4 is 23.1 Å². The Bertz CT molecular complexity index is 702. The molecule has 21 heavy (non-hydrogen) atoms. The van der Waals surface area contributed by atoms with E-state index in [1.807, 2.05) is 13.8 Å². The van der Waals surface area contributed by atoms with Gasteiger partial charge in [0.05, 0.1) is 0 Å². The van der Waals surface area contributed by atoms with Crippen LogP contribution in [0, 0.1) is 13.8 Å². The standard InChI is InChI=1S/C15H14O5S/c1-8-5-12(9(2)21-8)14(18)7-20-15(19)11-4-3-10(16)6-13(11)17/h3-6,16-17H,7H2,1-2H3. The monoisotopic (exact) mass is 306 g/mol. The largest absolute Gasteiger partial charge is 0.508 e. The van der Waals surface area contributed by atoms with E-state index >= 15 is 0 Å². The molecule has 1 aromatic heterocycles. The molecule has 6 heteroatoms. The van der Waals surface area contributed by atoms with Crippen molar-refractivity contribution in [3.8, 4) is 11.5 Å². The number of phenols is 2. The Balaban J connectivity index is 2.04. The summed E-state index contributed by atoms with van der Waals surface area (Å²) in [5.74, 6) is -1.66. The molecule has 1 aromatic carbocycles. The summed E-state index contributed by atoms with van der Waals surface area (Å²) in [6.45, 7) is 3.34. The predicted octanol–water partition coefficient (Wildman–Crippen LogP) is 2.82. The average Bonchev–Trinajstić information content (AvgIpc) is 2.74. The van der Waals surface area contributed by atoms with E-state index in [0.29, 0.717) is 5.56 Å². The second kappa shape index (κ2) is 5.97. The van der Waals surface area contributed by atoms with Gasteiger partial charge in [0.15, 0.2) is 6.61 Å². The summed E-state index contributed by atoms with van der Waals surface area (Å²) >= 11 is 1.50. The molecule has 0 saturated heterocycles. The average molecular weight is 306 g/mol. The lowest BCUT2D eigenvalue weighted by Gasteiger charge is -2.06. The zero-order valence-corrected chi connectivity index (χ0v) is 12.4. The Hall–Kier alpha value is -2.34. The number of aromatic hydroxyl groups is 2. The number of thiophene rings is 1. The molecule has 0 aliphatic rings. The number of aryl methyl sites for hydroxylation is 2. The minimum Gasteiger partial charge on any atom is -0.508 e. The predicted molar refractivity (Wildman–Crippen MR) is 78.2 cm³/mol. The molecule has 2 rings (SSSR count). The number of ether oxygens (including phenoxy) is 1. The Kier molecular flexibility index (Phi) is 4.28. The normalized spacial score (nSPS) is 10.4. The van der Waals surface area contributed by atoms with Crippen LogP contribution in [-0.4, -0.2) is 28.6 Å². The van der Waals surface area contributed by atoms with Gasteiger partial charge in [-0.25, -0.2) is 4.79 Å². The number of esters is 1. The zero-order chi connectivity index (χ0) is 15.6. The van der Waals surface area contributed by atoms with Crippen molar-refractivity contribution < 1.29 is 24.5 Å². The fraction of sp³-hybridized carbons (Fsp3) is 0.200. The van der Waals surface area contributed by atoms with Gasteiger partial charge in [0.25, 0.3) is 0 Å². The highest BCUT2D eigenvalue weighted by Gasteiger charge is 2.17. The molecule has 0 unspecified atom stereocenters. The SMILES string of the molecule is Cc1cc(C(=O)COC(=O)c2ccc(O)cc2O)c(C)s1. The molecule has 0 spiro atoms. The Morgan fingerprint density at radius 2 is 1.86 bits per heavy atom. The fourth-order valence-corrected chi connectivity index (χ4v) is 2.83. The lowest BCUT2D eigenvalue weighted by Crippen LogP contribution is -2.14. The van der Waals surface area contributed by atoms with Gasteiger partial charge in [-0.3, -0.25) is 4.79 Å². The third-order valence-electron chi connectivity index (χ3n) is 2.88. The van der Waals surface area contributed by atoms with Crippen LogP contribution < -0.4 is 0 Å². The van der Waals surface area contributed by atoms with Crippen molar-refractivity contribution in [3.05, 3.63) is 45.1 Å². The van der Waals surface area contributed by atoms with Crippen LogP contribution in [0.4, 0.5) is 0 Å². The minimum atomic E-state index is -0.814. The molecule has 0 aliphatic carbocycles. The highest BCUT2D eigenvalue weighted by molar-refractivity contribution is 7.12. The second-order valence-corrected chi connectivity index (χ2v) is 5.99. The second-order valence-electron chi connectivity index (χ2n) is 4.53. The summed E-state index contributed by atoms with van der Waals surface area (Å²) in [6, 6.07) is 5.28. The Labute approximate surface area is 125 Å². The first-order chi connectivity index (χ1) is 9.88. The van der Waals surface area contributed by atoms with Crippen LogP contribution in [0.5, 0.6) is 11.5 Å². The van der Waals surface area contributed by atoms with Gasteiger partial charge >= 0.3 is 5.97 Å². The van der Waals surface area contributed by atoms with Crippen LogP contribution in [0.25, 0.3) is 0 Å². The van der Waals surface area contributed by atoms with Crippen LogP contribution >= 0.6 is 11.3 Å². The van der Waals surface area contributed by atoms with Crippen LogP contribution in [0.15, 0.2) is 24.3 Å². The minimum absolute atomic E-state index is 0.0983. The number of hydrogen-bond donors (Lipinski definition) is 2. The molecule has 1 heterocycles. The first-order valence-corrected chi connectivity index (χ1v) is 6.99. The van der Waals surface area contributed by atoms with Crippen molar-refractivity contribution in [2.24, 2.45) is 0 Å². The van der Waals surface area contributed by atoms with Crippen LogP contribution in [-0.2, 0) is 4.74 Å². The first-order valence-electron chi connectivity index (χ1n) is 6.18. The number of phenolic OH excluding ortho intramolecular Hbond substituents is 2. The van der Waals surface area contributed by atoms with Gasteiger partial charge in [0, 0.05) is 21.4 Å². The van der Waals surface area contributed by atoms with Crippen molar-refractivity contribution in [1.82, 2.24) is 0 Å². The van der Waals surface area contributed by atoms with Crippen molar-refractivity contribution in [2.45, 2.75) is 13.8 Å². The molecule has 0 fully saturated rings. The van der Waals surface area contributed by atoms with E-state index < -0.39 is 18.3 Å². The molecule has 110 valence electrons. The summed E-state index contributed by atoms with van der Waals surface area (Å²) < 4.78 is 4.90. The van der Waals surface area contributed by atoms with E-state index in [1.165, 1.54) is 23.5 Å². The highest BCUT2D eigenvalue weighted by atomic mass is 32.1. The molecule has 0 amide bonds. The molecule has 2 aromatic rings. The van der Waals surface area contributed by atoms with Crippen molar-refractivity contribution in [2.75, 3.05) is 6.61 Å². The van der Waals surface area contributed by atoms with Crippen molar-refractivity contribution in [3.63, 3.8) is 0 Å². The van der Waals surface area contributed by atoms with E-state index in [9.17, 15) is 14.7 Å². The molecule has 0 radical (unpaired) electrons. The molecule has 0 aliphatic heterocycles. The molecule has 2 N–H and O–H groups in total. The Morgan fingerprint density at radius 3 is 2.43 bits per heavy atom. The lowest BCUT2D eigenvalue weighted by atomic mass is 10.1. The van der Waals surface area contributed by atoms with Crippen LogP contribution in [0.1, 0.15) is 30.5 Å². The highest BCUT2D eigenvalue weighted by Crippen LogP contribution is 2.24. The molecule has 0 saturated carbocycles. The maximum absolute atomic E-state index is 12.0. The van der Waals surface area contributed by atoms with E-state index in [1.54, 1.807) is 6.07 Å². The summed E-state index contributed by atoms with van der Waals surface area (Å²) in [7, 11) is 0. The molecular weight excluding hydrogens is 292 g/mol. The van der Waals surface area contributed by atoms with E-state index in [2.05, 4.69) is 0 Å². The van der Waals surface area contributed by atoms with Gasteiger partial charge in [-0.05, 0) is 32.0 Å². The number of benzene rings is 1. The maximum Gasteiger partial charge on any atom is 0.342 e. The smallest absolute Gasteiger partial charge is 0.342 e. The number of carbonyl (C=O) groups excluding carboxylic acids is 2.